The molecule has 0 saturated carbocycles. The van der Waals surface area contributed by atoms with Crippen LogP contribution in [0.1, 0.15) is 32.0 Å². The number of nitrogen functional groups attached to an aromatic ring is 1. The Balaban J connectivity index is 1.95. The van der Waals surface area contributed by atoms with Crippen LogP contribution in [0, 0.1) is 20.8 Å². The number of aryl methyl sites for hydroxylation is 2. The van der Waals surface area contributed by atoms with Crippen molar-refractivity contribution in [2.24, 2.45) is 5.84 Å². The Morgan fingerprint density at radius 1 is 1.08 bits per heavy atom. The summed E-state index contributed by atoms with van der Waals surface area (Å²) in [5.74, 6) is 5.25. The van der Waals surface area contributed by atoms with Crippen LogP contribution in [-0.2, 0) is 0 Å². The van der Waals surface area contributed by atoms with E-state index in [1.807, 2.05) is 44.2 Å². The molecule has 0 aliphatic carbocycles. The Morgan fingerprint density at radius 2 is 1.73 bits per heavy atom. The minimum Gasteiger partial charge on any atom is -0.484 e. The molecule has 0 fully saturated rings. The summed E-state index contributed by atoms with van der Waals surface area (Å²) < 4.78 is 7.19. The molecule has 134 valence electrons. The highest BCUT2D eigenvalue weighted by molar-refractivity contribution is 6.10. The lowest BCUT2D eigenvalue weighted by Crippen LogP contribution is -2.30. The number of nitrogens with zero attached hydrogens (tertiary/aromatic N) is 1. The zero-order valence-corrected chi connectivity index (χ0v) is 15.0. The van der Waals surface area contributed by atoms with Crippen molar-refractivity contribution < 1.29 is 14.3 Å². The molecule has 0 aliphatic rings. The van der Waals surface area contributed by atoms with Gasteiger partial charge in [-0.15, -0.1) is 0 Å². The van der Waals surface area contributed by atoms with Crippen LogP contribution in [-0.4, -0.2) is 23.0 Å². The van der Waals surface area contributed by atoms with Gasteiger partial charge < -0.3 is 4.74 Å². The number of carbonyl (C=O) groups is 2. The fourth-order valence-corrected chi connectivity index (χ4v) is 3.27. The predicted octanol–water partition coefficient (Wildman–Crippen LogP) is 2.89. The smallest absolute Gasteiger partial charge is 0.269 e. The molecule has 0 spiro atoms. The van der Waals surface area contributed by atoms with Gasteiger partial charge >= 0.3 is 0 Å². The second-order valence-corrected chi connectivity index (χ2v) is 6.29. The number of nitrogens with two attached hydrogens (primary N) is 1. The van der Waals surface area contributed by atoms with Crippen LogP contribution in [0.15, 0.2) is 42.5 Å². The molecule has 0 saturated heterocycles. The van der Waals surface area contributed by atoms with E-state index in [1.165, 1.54) is 4.57 Å². The Bertz CT molecular complexity index is 985. The number of benzene rings is 2. The largest absolute Gasteiger partial charge is 0.484 e. The summed E-state index contributed by atoms with van der Waals surface area (Å²) in [5.41, 5.74) is 5.85. The molecule has 26 heavy (non-hydrogen) atoms. The van der Waals surface area contributed by atoms with E-state index in [2.05, 4.69) is 5.43 Å². The van der Waals surface area contributed by atoms with E-state index < -0.39 is 5.91 Å². The highest BCUT2D eigenvalue weighted by Gasteiger charge is 2.22. The number of carbonyl (C=O) groups excluding carboxylic acids is 2. The van der Waals surface area contributed by atoms with Crippen molar-refractivity contribution in [3.8, 4) is 5.75 Å². The standard InChI is InChI=1S/C20H21N3O3/c1-12-8-13(2)10-15(9-12)26-11-18(24)23-14(3)19(20(25)22-21)16-6-4-5-7-17(16)23/h4-10H,11,21H2,1-3H3,(H,22,25). The zero-order chi connectivity index (χ0) is 18.8. The highest BCUT2D eigenvalue weighted by Crippen LogP contribution is 2.26. The van der Waals surface area contributed by atoms with E-state index in [0.717, 1.165) is 11.1 Å². The first-order valence-electron chi connectivity index (χ1n) is 8.27. The number of rotatable bonds is 4. The first-order chi connectivity index (χ1) is 12.4. The van der Waals surface area contributed by atoms with Crippen LogP contribution in [0.3, 0.4) is 0 Å². The molecule has 3 N–H and O–H groups in total. The van der Waals surface area contributed by atoms with Gasteiger partial charge in [0, 0.05) is 11.1 Å². The molecule has 6 heteroatoms. The summed E-state index contributed by atoms with van der Waals surface area (Å²) in [7, 11) is 0. The van der Waals surface area contributed by atoms with Crippen molar-refractivity contribution in [2.75, 3.05) is 6.61 Å². The summed E-state index contributed by atoms with van der Waals surface area (Å²) in [5, 5.41) is 0.674. The number of aromatic nitrogens is 1. The number of hydrogen-bond acceptors (Lipinski definition) is 4. The zero-order valence-electron chi connectivity index (χ0n) is 15.0. The lowest BCUT2D eigenvalue weighted by Gasteiger charge is -2.10. The molecule has 0 radical (unpaired) electrons. The van der Waals surface area contributed by atoms with Gasteiger partial charge in [-0.2, -0.15) is 0 Å². The van der Waals surface area contributed by atoms with E-state index in [1.54, 1.807) is 19.1 Å². The van der Waals surface area contributed by atoms with Gasteiger partial charge in [-0.3, -0.25) is 19.6 Å². The number of nitrogens with one attached hydrogen (secondary N) is 1. The molecule has 3 rings (SSSR count). The Morgan fingerprint density at radius 3 is 2.38 bits per heavy atom. The fourth-order valence-electron chi connectivity index (χ4n) is 3.27. The SMILES string of the molecule is Cc1cc(C)cc(OCC(=O)n2c(C)c(C(=O)NN)c3ccccc32)c1. The minimum absolute atomic E-state index is 0.133. The number of amides is 1. The molecule has 0 bridgehead atoms. The maximum Gasteiger partial charge on any atom is 0.269 e. The van der Waals surface area contributed by atoms with E-state index in [0.29, 0.717) is 27.9 Å². The number of hydrazine groups is 1. The van der Waals surface area contributed by atoms with Gasteiger partial charge in [0.1, 0.15) is 5.75 Å². The van der Waals surface area contributed by atoms with Crippen LogP contribution in [0.25, 0.3) is 10.9 Å². The van der Waals surface area contributed by atoms with Crippen molar-refractivity contribution in [1.82, 2.24) is 9.99 Å². The van der Waals surface area contributed by atoms with Crippen LogP contribution < -0.4 is 16.0 Å². The molecule has 1 heterocycles. The monoisotopic (exact) mass is 351 g/mol. The molecular formula is C20H21N3O3. The van der Waals surface area contributed by atoms with Crippen molar-refractivity contribution in [3.63, 3.8) is 0 Å². The van der Waals surface area contributed by atoms with Crippen molar-refractivity contribution >= 4 is 22.7 Å². The normalized spacial score (nSPS) is 10.8. The first-order valence-corrected chi connectivity index (χ1v) is 8.27. The molecule has 6 nitrogen and oxygen atoms in total. The fraction of sp³-hybridized carbons (Fsp3) is 0.200. The van der Waals surface area contributed by atoms with Gasteiger partial charge in [-0.1, -0.05) is 24.3 Å². The lowest BCUT2D eigenvalue weighted by atomic mass is 10.1. The average Bonchev–Trinajstić information content (AvgIpc) is 2.90. The van der Waals surface area contributed by atoms with Gasteiger partial charge in [0.05, 0.1) is 11.1 Å². The maximum absolute atomic E-state index is 12.8. The predicted molar refractivity (Wildman–Crippen MR) is 100 cm³/mol. The molecule has 2 aromatic carbocycles. The van der Waals surface area contributed by atoms with Crippen LogP contribution >= 0.6 is 0 Å². The van der Waals surface area contributed by atoms with Gasteiger partial charge in [-0.25, -0.2) is 5.84 Å². The van der Waals surface area contributed by atoms with Crippen molar-refractivity contribution in [3.05, 3.63) is 64.8 Å². The van der Waals surface area contributed by atoms with Crippen LogP contribution in [0.2, 0.25) is 0 Å². The molecule has 1 amide bonds. The van der Waals surface area contributed by atoms with Crippen LogP contribution in [0.5, 0.6) is 5.75 Å². The molecule has 1 aromatic heterocycles. The second-order valence-electron chi connectivity index (χ2n) is 6.29. The van der Waals surface area contributed by atoms with Gasteiger partial charge in [0.2, 0.25) is 0 Å². The molecule has 0 atom stereocenters. The van der Waals surface area contributed by atoms with Crippen molar-refractivity contribution in [1.29, 1.82) is 0 Å². The maximum atomic E-state index is 12.8. The third-order valence-corrected chi connectivity index (χ3v) is 4.28. The van der Waals surface area contributed by atoms with Crippen LogP contribution in [0.4, 0.5) is 0 Å². The Kier molecular flexibility index (Phi) is 4.77. The third-order valence-electron chi connectivity index (χ3n) is 4.28. The summed E-state index contributed by atoms with van der Waals surface area (Å²) in [6.45, 7) is 5.54. The van der Waals surface area contributed by atoms with E-state index in [9.17, 15) is 9.59 Å². The van der Waals surface area contributed by atoms with Gasteiger partial charge in [0.15, 0.2) is 6.61 Å². The van der Waals surface area contributed by atoms with E-state index in [-0.39, 0.29) is 12.5 Å². The number of para-hydroxylation sites is 1. The second kappa shape index (κ2) is 7.01. The van der Waals surface area contributed by atoms with E-state index >= 15 is 0 Å². The summed E-state index contributed by atoms with van der Waals surface area (Å²) in [4.78, 5) is 25.0. The average molecular weight is 351 g/mol. The number of hydrogen-bond donors (Lipinski definition) is 2. The highest BCUT2D eigenvalue weighted by atomic mass is 16.5. The van der Waals surface area contributed by atoms with E-state index in [4.69, 9.17) is 10.6 Å². The third kappa shape index (κ3) is 3.19. The Labute approximate surface area is 151 Å². The number of ether oxygens (including phenoxy) is 1. The molecule has 0 unspecified atom stereocenters. The lowest BCUT2D eigenvalue weighted by molar-refractivity contribution is 0.0841. The summed E-state index contributed by atoms with van der Waals surface area (Å²) in [6, 6.07) is 13.0. The summed E-state index contributed by atoms with van der Waals surface area (Å²) in [6.07, 6.45) is 0. The minimum atomic E-state index is -0.430. The Hall–Kier alpha value is -3.12. The van der Waals surface area contributed by atoms with Gasteiger partial charge in [0.25, 0.3) is 11.8 Å². The topological polar surface area (TPSA) is 86.3 Å². The summed E-state index contributed by atoms with van der Waals surface area (Å²) >= 11 is 0. The van der Waals surface area contributed by atoms with Crippen molar-refractivity contribution in [2.45, 2.75) is 20.8 Å². The quantitative estimate of drug-likeness (QED) is 0.430. The molecule has 0 aliphatic heterocycles. The molecular weight excluding hydrogens is 330 g/mol. The molecule has 3 aromatic rings. The first kappa shape index (κ1) is 17.7. The number of fused-ring (bicyclic) bond motifs is 1. The van der Waals surface area contributed by atoms with Gasteiger partial charge in [-0.05, 0) is 50.1 Å².